The molecule has 34 heavy (non-hydrogen) atoms. The summed E-state index contributed by atoms with van der Waals surface area (Å²) in [6.07, 6.45) is 1.32. The lowest BCUT2D eigenvalue weighted by atomic mass is 10.1. The molecule has 3 rings (SSSR count). The molecule has 0 aliphatic heterocycles. The Morgan fingerprint density at radius 1 is 1.03 bits per heavy atom. The molecule has 0 heterocycles. The number of rotatable bonds is 9. The minimum Gasteiger partial charge on any atom is -0.478 e. The zero-order chi connectivity index (χ0) is 24.7. The second-order valence-corrected chi connectivity index (χ2v) is 10.3. The molecule has 11 heteroatoms. The minimum atomic E-state index is -4.03. The molecule has 3 aromatic rings. The van der Waals surface area contributed by atoms with Gasteiger partial charge in [-0.2, -0.15) is 9.41 Å². The zero-order valence-corrected chi connectivity index (χ0v) is 20.7. The van der Waals surface area contributed by atoms with E-state index in [1.165, 1.54) is 42.6 Å². The molecule has 0 radical (unpaired) electrons. The first-order chi connectivity index (χ1) is 16.2. The van der Waals surface area contributed by atoms with Crippen LogP contribution in [0.3, 0.4) is 0 Å². The van der Waals surface area contributed by atoms with Crippen molar-refractivity contribution in [3.8, 4) is 0 Å². The first-order valence-electron chi connectivity index (χ1n) is 9.81. The van der Waals surface area contributed by atoms with Gasteiger partial charge >= 0.3 is 5.97 Å². The number of nitrogens with one attached hydrogen (secondary N) is 1. The van der Waals surface area contributed by atoms with Crippen LogP contribution < -0.4 is 5.43 Å². The first-order valence-corrected chi connectivity index (χ1v) is 12.4. The van der Waals surface area contributed by atoms with Crippen molar-refractivity contribution in [2.45, 2.75) is 11.4 Å². The van der Waals surface area contributed by atoms with Crippen LogP contribution in [0.5, 0.6) is 0 Å². The van der Waals surface area contributed by atoms with Gasteiger partial charge in [-0.3, -0.25) is 4.79 Å². The molecule has 1 amide bonds. The van der Waals surface area contributed by atoms with Crippen LogP contribution in [0.1, 0.15) is 21.5 Å². The number of hydrazone groups is 1. The molecule has 176 valence electrons. The van der Waals surface area contributed by atoms with Crippen LogP contribution in [0, 0.1) is 0 Å². The van der Waals surface area contributed by atoms with E-state index in [4.69, 9.17) is 16.7 Å². The monoisotopic (exact) mass is 563 g/mol. The van der Waals surface area contributed by atoms with Crippen LogP contribution in [-0.4, -0.2) is 42.5 Å². The number of halogens is 2. The summed E-state index contributed by atoms with van der Waals surface area (Å²) in [5.41, 5.74) is 3.52. The van der Waals surface area contributed by atoms with Crippen molar-refractivity contribution < 1.29 is 23.1 Å². The Morgan fingerprint density at radius 3 is 2.29 bits per heavy atom. The fourth-order valence-electron chi connectivity index (χ4n) is 2.88. The molecule has 0 aliphatic rings. The quantitative estimate of drug-likeness (QED) is 0.299. The summed E-state index contributed by atoms with van der Waals surface area (Å²) in [4.78, 5) is 23.5. The van der Waals surface area contributed by atoms with E-state index < -0.39 is 28.4 Å². The summed E-state index contributed by atoms with van der Waals surface area (Å²) in [7, 11) is -4.03. The van der Waals surface area contributed by atoms with Gasteiger partial charge in [0, 0.05) is 16.0 Å². The van der Waals surface area contributed by atoms with Crippen LogP contribution >= 0.6 is 27.5 Å². The van der Waals surface area contributed by atoms with E-state index in [2.05, 4.69) is 26.5 Å². The first kappa shape index (κ1) is 25.6. The standard InChI is InChI=1S/C23H19BrClN3O5S/c24-19-9-11-20(12-10-19)34(32,33)28(14-18-3-1-2-4-21(18)25)15-22(29)27-26-13-16-5-7-17(8-6-16)23(30)31/h1-13H,14-15H2,(H,27,29)(H,30,31)/b26-13+. The van der Waals surface area contributed by atoms with E-state index in [0.717, 1.165) is 4.31 Å². The Balaban J connectivity index is 1.77. The molecule has 8 nitrogen and oxygen atoms in total. The Bertz CT molecular complexity index is 1310. The maximum Gasteiger partial charge on any atom is 0.335 e. The number of hydrogen-bond acceptors (Lipinski definition) is 5. The summed E-state index contributed by atoms with van der Waals surface area (Å²) >= 11 is 9.49. The van der Waals surface area contributed by atoms with Gasteiger partial charge in [-0.05, 0) is 53.6 Å². The number of carbonyl (C=O) groups excluding carboxylic acids is 1. The summed E-state index contributed by atoms with van der Waals surface area (Å²) in [5, 5.41) is 13.1. The highest BCUT2D eigenvalue weighted by molar-refractivity contribution is 9.10. The van der Waals surface area contributed by atoms with Gasteiger partial charge in [-0.1, -0.05) is 57.9 Å². The van der Waals surface area contributed by atoms with Crippen molar-refractivity contribution in [3.05, 3.63) is 99.0 Å². The second-order valence-electron chi connectivity index (χ2n) is 7.04. The topological polar surface area (TPSA) is 116 Å². The lowest BCUT2D eigenvalue weighted by Crippen LogP contribution is -2.39. The second kappa shape index (κ2) is 11.4. The number of nitrogens with zero attached hydrogens (tertiary/aromatic N) is 2. The van der Waals surface area contributed by atoms with Crippen molar-refractivity contribution in [2.24, 2.45) is 5.10 Å². The number of benzene rings is 3. The molecule has 2 N–H and O–H groups in total. The van der Waals surface area contributed by atoms with E-state index >= 15 is 0 Å². The minimum absolute atomic E-state index is 0.0255. The van der Waals surface area contributed by atoms with Crippen molar-refractivity contribution in [1.29, 1.82) is 0 Å². The normalized spacial score (nSPS) is 11.6. The highest BCUT2D eigenvalue weighted by atomic mass is 79.9. The zero-order valence-electron chi connectivity index (χ0n) is 17.6. The van der Waals surface area contributed by atoms with Gasteiger partial charge in [-0.25, -0.2) is 18.6 Å². The van der Waals surface area contributed by atoms with Gasteiger partial charge in [0.2, 0.25) is 10.0 Å². The maximum absolute atomic E-state index is 13.3. The number of aromatic carboxylic acids is 1. The molecule has 0 atom stereocenters. The lowest BCUT2D eigenvalue weighted by molar-refractivity contribution is -0.121. The molecule has 0 bridgehead atoms. The van der Waals surface area contributed by atoms with Gasteiger partial charge in [0.05, 0.1) is 23.2 Å². The number of amides is 1. The molecule has 0 saturated carbocycles. The van der Waals surface area contributed by atoms with Crippen LogP contribution in [-0.2, 0) is 21.4 Å². The summed E-state index contributed by atoms with van der Waals surface area (Å²) < 4.78 is 28.3. The van der Waals surface area contributed by atoms with Crippen molar-refractivity contribution in [2.75, 3.05) is 6.54 Å². The Kier molecular flexibility index (Phi) is 8.56. The highest BCUT2D eigenvalue weighted by Gasteiger charge is 2.27. The molecular formula is C23H19BrClN3O5S. The number of sulfonamides is 1. The molecule has 3 aromatic carbocycles. The molecule has 0 aromatic heterocycles. The van der Waals surface area contributed by atoms with Crippen LogP contribution in [0.25, 0.3) is 0 Å². The van der Waals surface area contributed by atoms with Crippen LogP contribution in [0.4, 0.5) is 0 Å². The van der Waals surface area contributed by atoms with Crippen LogP contribution in [0.15, 0.2) is 87.3 Å². The van der Waals surface area contributed by atoms with Crippen LogP contribution in [0.2, 0.25) is 5.02 Å². The highest BCUT2D eigenvalue weighted by Crippen LogP contribution is 2.23. The van der Waals surface area contributed by atoms with Gasteiger partial charge in [0.15, 0.2) is 0 Å². The van der Waals surface area contributed by atoms with E-state index in [-0.39, 0.29) is 17.0 Å². The third-order valence-electron chi connectivity index (χ3n) is 4.64. The largest absolute Gasteiger partial charge is 0.478 e. The molecular weight excluding hydrogens is 546 g/mol. The average Bonchev–Trinajstić information content (AvgIpc) is 2.80. The predicted octanol–water partition coefficient (Wildman–Crippen LogP) is 4.14. The number of carboxylic acids is 1. The summed E-state index contributed by atoms with van der Waals surface area (Å²) in [6.45, 7) is -0.620. The van der Waals surface area contributed by atoms with E-state index in [1.54, 1.807) is 36.4 Å². The van der Waals surface area contributed by atoms with Gasteiger partial charge < -0.3 is 5.11 Å². The average molecular weight is 565 g/mol. The number of hydrogen-bond donors (Lipinski definition) is 2. The molecule has 0 spiro atoms. The Labute approximate surface area is 210 Å². The van der Waals surface area contributed by atoms with E-state index in [1.807, 2.05) is 0 Å². The van der Waals surface area contributed by atoms with Gasteiger partial charge in [-0.15, -0.1) is 0 Å². The number of carbonyl (C=O) groups is 2. The summed E-state index contributed by atoms with van der Waals surface area (Å²) in [5.74, 6) is -1.71. The molecule has 0 aliphatic carbocycles. The van der Waals surface area contributed by atoms with E-state index in [0.29, 0.717) is 20.6 Å². The maximum atomic E-state index is 13.3. The molecule has 0 unspecified atom stereocenters. The van der Waals surface area contributed by atoms with Gasteiger partial charge in [0.1, 0.15) is 0 Å². The third kappa shape index (κ3) is 6.73. The Hall–Kier alpha value is -3.05. The Morgan fingerprint density at radius 2 is 1.68 bits per heavy atom. The lowest BCUT2D eigenvalue weighted by Gasteiger charge is -2.22. The fraction of sp³-hybridized carbons (Fsp3) is 0.0870. The SMILES string of the molecule is O=C(CN(Cc1ccccc1Cl)S(=O)(=O)c1ccc(Br)cc1)N/N=C/c1ccc(C(=O)O)cc1. The van der Waals surface area contributed by atoms with Crippen molar-refractivity contribution in [1.82, 2.24) is 9.73 Å². The predicted molar refractivity (Wildman–Crippen MR) is 132 cm³/mol. The summed E-state index contributed by atoms with van der Waals surface area (Å²) in [6, 6.07) is 18.7. The van der Waals surface area contributed by atoms with Gasteiger partial charge in [0.25, 0.3) is 5.91 Å². The number of carboxylic acid groups (broad SMARTS) is 1. The van der Waals surface area contributed by atoms with Crippen molar-refractivity contribution >= 4 is 55.6 Å². The van der Waals surface area contributed by atoms with E-state index in [9.17, 15) is 18.0 Å². The molecule has 0 fully saturated rings. The van der Waals surface area contributed by atoms with Crippen molar-refractivity contribution in [3.63, 3.8) is 0 Å². The third-order valence-corrected chi connectivity index (χ3v) is 7.34. The smallest absolute Gasteiger partial charge is 0.335 e. The molecule has 0 saturated heterocycles. The fourth-order valence-corrected chi connectivity index (χ4v) is 4.72.